The number of nitrogens with one attached hydrogen (secondary N) is 1. The van der Waals surface area contributed by atoms with Gasteiger partial charge in [0, 0.05) is 36.2 Å². The molecule has 0 bridgehead atoms. The number of halogens is 1. The molecule has 13 heteroatoms. The Morgan fingerprint density at radius 2 is 1.43 bits per heavy atom. The zero-order chi connectivity index (χ0) is 38.0. The summed E-state index contributed by atoms with van der Waals surface area (Å²) >= 11 is 6.22. The number of carbonyl (C=O) groups excluding carboxylic acids is 2. The molecule has 53 heavy (non-hydrogen) atoms. The predicted octanol–water partition coefficient (Wildman–Crippen LogP) is 6.66. The first-order valence-corrected chi connectivity index (χ1v) is 19.2. The smallest absolute Gasteiger partial charge is 0.265 e. The molecule has 282 valence electrons. The average Bonchev–Trinajstić information content (AvgIpc) is 3.18. The molecule has 5 rings (SSSR count). The van der Waals surface area contributed by atoms with E-state index in [0.717, 1.165) is 42.0 Å². The van der Waals surface area contributed by atoms with Gasteiger partial charge in [0.2, 0.25) is 11.8 Å². The fourth-order valence-corrected chi connectivity index (χ4v) is 8.05. The van der Waals surface area contributed by atoms with Gasteiger partial charge >= 0.3 is 0 Å². The highest BCUT2D eigenvalue weighted by Crippen LogP contribution is 2.38. The molecule has 0 radical (unpaired) electrons. The van der Waals surface area contributed by atoms with Crippen molar-refractivity contribution in [2.75, 3.05) is 39.3 Å². The lowest BCUT2D eigenvalue weighted by Gasteiger charge is -2.35. The number of benzene rings is 4. The van der Waals surface area contributed by atoms with Gasteiger partial charge in [-0.25, -0.2) is 8.42 Å². The van der Waals surface area contributed by atoms with Gasteiger partial charge in [-0.3, -0.25) is 13.9 Å². The van der Waals surface area contributed by atoms with Gasteiger partial charge < -0.3 is 29.2 Å². The van der Waals surface area contributed by atoms with Crippen molar-refractivity contribution >= 4 is 39.1 Å². The van der Waals surface area contributed by atoms with E-state index in [-0.39, 0.29) is 47.0 Å². The highest BCUT2D eigenvalue weighted by atomic mass is 35.5. The van der Waals surface area contributed by atoms with Gasteiger partial charge in [-0.05, 0) is 60.4 Å². The molecular formula is C40H46ClN3O8S. The van der Waals surface area contributed by atoms with Crippen molar-refractivity contribution in [1.29, 1.82) is 0 Å². The van der Waals surface area contributed by atoms with E-state index in [1.807, 2.05) is 30.3 Å². The van der Waals surface area contributed by atoms with Crippen molar-refractivity contribution in [2.45, 2.75) is 62.0 Å². The van der Waals surface area contributed by atoms with Crippen molar-refractivity contribution in [1.82, 2.24) is 10.2 Å². The number of hydrogen-bond acceptors (Lipinski definition) is 8. The third kappa shape index (κ3) is 9.74. The van der Waals surface area contributed by atoms with Gasteiger partial charge in [-0.15, -0.1) is 0 Å². The second-order valence-electron chi connectivity index (χ2n) is 12.8. The van der Waals surface area contributed by atoms with Gasteiger partial charge in [-0.1, -0.05) is 73.3 Å². The molecule has 4 aromatic carbocycles. The van der Waals surface area contributed by atoms with Gasteiger partial charge in [-0.2, -0.15) is 0 Å². The molecule has 1 aliphatic carbocycles. The molecule has 1 fully saturated rings. The molecular weight excluding hydrogens is 718 g/mol. The standard InChI is InChI=1S/C40H46ClN3O8S/c1-49-32-19-21-36(50-2)34(24-32)44(53(47,48)33-20-22-37(51-3)38(25-33)52-4)27-39(45)43(26-29-15-17-30(41)18-16-29)35(23-28-11-7-5-8-12-28)40(46)42-31-13-9-6-10-14-31/h5,7-8,11-12,15-22,24-25,31,35H,6,9-10,13-14,23,26-27H2,1-4H3,(H,42,46)/t35-/m1/s1. The molecule has 0 unspecified atom stereocenters. The second-order valence-corrected chi connectivity index (χ2v) is 15.1. The van der Waals surface area contributed by atoms with Crippen molar-refractivity contribution < 1.29 is 37.0 Å². The summed E-state index contributed by atoms with van der Waals surface area (Å²) in [6.07, 6.45) is 5.02. The first-order chi connectivity index (χ1) is 25.6. The van der Waals surface area contributed by atoms with E-state index in [0.29, 0.717) is 22.1 Å². The lowest BCUT2D eigenvalue weighted by Crippen LogP contribution is -2.55. The van der Waals surface area contributed by atoms with E-state index in [1.165, 1.54) is 57.6 Å². The zero-order valence-corrected chi connectivity index (χ0v) is 32.0. The van der Waals surface area contributed by atoms with Crippen molar-refractivity contribution in [3.63, 3.8) is 0 Å². The summed E-state index contributed by atoms with van der Waals surface area (Å²) in [4.78, 5) is 30.7. The first kappa shape index (κ1) is 39.3. The Labute approximate surface area is 316 Å². The van der Waals surface area contributed by atoms with Crippen LogP contribution in [-0.2, 0) is 32.6 Å². The number of hydrogen-bond donors (Lipinski definition) is 1. The van der Waals surface area contributed by atoms with Crippen LogP contribution < -0.4 is 28.6 Å². The normalized spacial score (nSPS) is 13.8. The summed E-state index contributed by atoms with van der Waals surface area (Å²) in [7, 11) is 1.21. The minimum atomic E-state index is -4.51. The van der Waals surface area contributed by atoms with Crippen LogP contribution in [0.2, 0.25) is 5.02 Å². The Morgan fingerprint density at radius 1 is 0.774 bits per heavy atom. The van der Waals surface area contributed by atoms with Crippen LogP contribution in [0.3, 0.4) is 0 Å². The summed E-state index contributed by atoms with van der Waals surface area (Å²) in [5, 5.41) is 3.73. The quantitative estimate of drug-likeness (QED) is 0.135. The van der Waals surface area contributed by atoms with Crippen LogP contribution in [-0.4, -0.2) is 72.2 Å². The third-order valence-electron chi connectivity index (χ3n) is 9.37. The van der Waals surface area contributed by atoms with Crippen molar-refractivity contribution in [2.24, 2.45) is 0 Å². The van der Waals surface area contributed by atoms with Gasteiger partial charge in [0.05, 0.1) is 39.0 Å². The fraction of sp³-hybridized carbons (Fsp3) is 0.350. The van der Waals surface area contributed by atoms with Crippen LogP contribution in [0.25, 0.3) is 0 Å². The van der Waals surface area contributed by atoms with E-state index >= 15 is 0 Å². The molecule has 0 saturated heterocycles. The molecule has 1 aliphatic rings. The maximum Gasteiger partial charge on any atom is 0.265 e. The van der Waals surface area contributed by atoms with Crippen LogP contribution in [0.15, 0.2) is 95.9 Å². The van der Waals surface area contributed by atoms with Crippen LogP contribution in [0.4, 0.5) is 5.69 Å². The molecule has 0 heterocycles. The molecule has 1 saturated carbocycles. The Bertz CT molecular complexity index is 1950. The number of methoxy groups -OCH3 is 4. The molecule has 0 spiro atoms. The average molecular weight is 764 g/mol. The maximum atomic E-state index is 15.0. The van der Waals surface area contributed by atoms with Crippen LogP contribution in [0.5, 0.6) is 23.0 Å². The molecule has 1 N–H and O–H groups in total. The summed E-state index contributed by atoms with van der Waals surface area (Å²) in [5.41, 5.74) is 1.61. The van der Waals surface area contributed by atoms with Gasteiger partial charge in [0.15, 0.2) is 11.5 Å². The molecule has 2 amide bonds. The van der Waals surface area contributed by atoms with Crippen LogP contribution in [0, 0.1) is 0 Å². The topological polar surface area (TPSA) is 124 Å². The van der Waals surface area contributed by atoms with E-state index in [2.05, 4.69) is 5.32 Å². The van der Waals surface area contributed by atoms with E-state index in [9.17, 15) is 18.0 Å². The number of ether oxygens (including phenoxy) is 4. The molecule has 0 aromatic heterocycles. The SMILES string of the molecule is COc1ccc(OC)c(N(CC(=O)N(Cc2ccc(Cl)cc2)[C@H](Cc2ccccc2)C(=O)NC2CCCCC2)S(=O)(=O)c2ccc(OC)c(OC)c2)c1. The lowest BCUT2D eigenvalue weighted by molar-refractivity contribution is -0.140. The van der Waals surface area contributed by atoms with E-state index < -0.39 is 28.5 Å². The number of amides is 2. The zero-order valence-electron chi connectivity index (χ0n) is 30.4. The highest BCUT2D eigenvalue weighted by Gasteiger charge is 2.37. The monoisotopic (exact) mass is 763 g/mol. The van der Waals surface area contributed by atoms with Crippen molar-refractivity contribution in [3.8, 4) is 23.0 Å². The van der Waals surface area contributed by atoms with E-state index in [4.69, 9.17) is 30.5 Å². The number of sulfonamides is 1. The van der Waals surface area contributed by atoms with E-state index in [1.54, 1.807) is 36.4 Å². The fourth-order valence-electron chi connectivity index (χ4n) is 6.49. The summed E-state index contributed by atoms with van der Waals surface area (Å²) < 4.78 is 52.3. The minimum Gasteiger partial charge on any atom is -0.497 e. The minimum absolute atomic E-state index is 0.00504. The maximum absolute atomic E-state index is 15.0. The van der Waals surface area contributed by atoms with Gasteiger partial charge in [0.1, 0.15) is 24.1 Å². The highest BCUT2D eigenvalue weighted by molar-refractivity contribution is 7.92. The number of carbonyl (C=O) groups is 2. The Morgan fingerprint density at radius 3 is 2.08 bits per heavy atom. The first-order valence-electron chi connectivity index (χ1n) is 17.4. The Balaban J connectivity index is 1.63. The lowest BCUT2D eigenvalue weighted by atomic mass is 9.94. The van der Waals surface area contributed by atoms with Crippen LogP contribution in [0.1, 0.15) is 43.2 Å². The number of nitrogens with zero attached hydrogens (tertiary/aromatic N) is 2. The summed E-state index contributed by atoms with van der Waals surface area (Å²) in [6.45, 7) is -0.680. The number of rotatable bonds is 16. The molecule has 1 atom stereocenters. The summed E-state index contributed by atoms with van der Waals surface area (Å²) in [6, 6.07) is 24.3. The van der Waals surface area contributed by atoms with Gasteiger partial charge in [0.25, 0.3) is 10.0 Å². The Hall–Kier alpha value is -4.94. The summed E-state index contributed by atoms with van der Waals surface area (Å²) in [5.74, 6) is 0.111. The largest absolute Gasteiger partial charge is 0.497 e. The second kappa shape index (κ2) is 18.2. The van der Waals surface area contributed by atoms with Crippen LogP contribution >= 0.6 is 11.6 Å². The Kier molecular flexibility index (Phi) is 13.5. The predicted molar refractivity (Wildman–Crippen MR) is 205 cm³/mol. The van der Waals surface area contributed by atoms with Crippen molar-refractivity contribution in [3.05, 3.63) is 107 Å². The molecule has 4 aromatic rings. The molecule has 11 nitrogen and oxygen atoms in total. The number of anilines is 1. The molecule has 0 aliphatic heterocycles. The third-order valence-corrected chi connectivity index (χ3v) is 11.4.